The van der Waals surface area contributed by atoms with E-state index in [2.05, 4.69) is 16.8 Å². The highest BCUT2D eigenvalue weighted by Crippen LogP contribution is 2.24. The van der Waals surface area contributed by atoms with Gasteiger partial charge < -0.3 is 9.80 Å². The van der Waals surface area contributed by atoms with Gasteiger partial charge >= 0.3 is 0 Å². The average Bonchev–Trinajstić information content (AvgIpc) is 3.04. The number of anilines is 1. The molecule has 0 unspecified atom stereocenters. The van der Waals surface area contributed by atoms with Crippen molar-refractivity contribution in [1.82, 2.24) is 9.88 Å². The molecule has 0 atom stereocenters. The second kappa shape index (κ2) is 6.71. The number of piperazine rings is 1. The monoisotopic (exact) mass is 329 g/mol. The van der Waals surface area contributed by atoms with Crippen LogP contribution in [-0.2, 0) is 6.42 Å². The highest BCUT2D eigenvalue weighted by atomic mass is 32.1. The maximum absolute atomic E-state index is 12.8. The molecule has 1 saturated heterocycles. The van der Waals surface area contributed by atoms with Gasteiger partial charge in [-0.3, -0.25) is 4.79 Å². The fourth-order valence-electron chi connectivity index (χ4n) is 3.02. The minimum absolute atomic E-state index is 0.161. The Bertz CT molecular complexity index is 682. The number of benzene rings is 1. The van der Waals surface area contributed by atoms with Crippen LogP contribution in [0.2, 0.25) is 0 Å². The zero-order valence-electron chi connectivity index (χ0n) is 14.0. The highest BCUT2D eigenvalue weighted by Gasteiger charge is 2.25. The van der Waals surface area contributed by atoms with Crippen LogP contribution < -0.4 is 4.90 Å². The van der Waals surface area contributed by atoms with Crippen LogP contribution in [0.25, 0.3) is 0 Å². The number of rotatable bonds is 3. The lowest BCUT2D eigenvalue weighted by molar-refractivity contribution is 0.0745. The Morgan fingerprint density at radius 2 is 1.83 bits per heavy atom. The summed E-state index contributed by atoms with van der Waals surface area (Å²) in [5.41, 5.74) is 2.98. The largest absolute Gasteiger partial charge is 0.345 e. The fourth-order valence-corrected chi connectivity index (χ4v) is 3.92. The van der Waals surface area contributed by atoms with E-state index in [-0.39, 0.29) is 5.91 Å². The predicted molar refractivity (Wildman–Crippen MR) is 95.5 cm³/mol. The Morgan fingerprint density at radius 1 is 1.17 bits per heavy atom. The van der Waals surface area contributed by atoms with Gasteiger partial charge in [0.15, 0.2) is 5.13 Å². The van der Waals surface area contributed by atoms with Crippen molar-refractivity contribution in [2.24, 2.45) is 0 Å². The molecule has 1 aliphatic heterocycles. The summed E-state index contributed by atoms with van der Waals surface area (Å²) in [6, 6.07) is 6.03. The molecule has 1 aromatic carbocycles. The van der Waals surface area contributed by atoms with Crippen molar-refractivity contribution in [3.05, 3.63) is 46.0 Å². The van der Waals surface area contributed by atoms with Crippen LogP contribution in [0.1, 0.15) is 33.3 Å². The SMILES string of the molecule is CCc1cnc(N2CCN(C(=O)c3c(C)cccc3C)CC2)s1. The smallest absolute Gasteiger partial charge is 0.254 e. The molecular weight excluding hydrogens is 306 g/mol. The molecule has 0 saturated carbocycles. The molecule has 1 fully saturated rings. The summed E-state index contributed by atoms with van der Waals surface area (Å²) in [4.78, 5) is 22.9. The van der Waals surface area contributed by atoms with E-state index in [1.165, 1.54) is 4.88 Å². The van der Waals surface area contributed by atoms with E-state index >= 15 is 0 Å². The fraction of sp³-hybridized carbons (Fsp3) is 0.444. The average molecular weight is 329 g/mol. The number of thiazole rings is 1. The third-order valence-electron chi connectivity index (χ3n) is 4.42. The second-order valence-electron chi connectivity index (χ2n) is 6.01. The Kier molecular flexibility index (Phi) is 4.66. The van der Waals surface area contributed by atoms with Crippen molar-refractivity contribution in [3.63, 3.8) is 0 Å². The Balaban J connectivity index is 1.68. The Labute approximate surface area is 141 Å². The van der Waals surface area contributed by atoms with Gasteiger partial charge in [-0.2, -0.15) is 0 Å². The van der Waals surface area contributed by atoms with Crippen LogP contribution in [0.4, 0.5) is 5.13 Å². The summed E-state index contributed by atoms with van der Waals surface area (Å²) in [7, 11) is 0. The minimum atomic E-state index is 0.161. The number of nitrogens with zero attached hydrogens (tertiary/aromatic N) is 3. The van der Waals surface area contributed by atoms with Gasteiger partial charge in [-0.15, -0.1) is 11.3 Å². The number of hydrogen-bond acceptors (Lipinski definition) is 4. The summed E-state index contributed by atoms with van der Waals surface area (Å²) in [6.45, 7) is 9.40. The third-order valence-corrected chi connectivity index (χ3v) is 5.62. The molecule has 2 aromatic rings. The van der Waals surface area contributed by atoms with Gasteiger partial charge in [-0.05, 0) is 31.4 Å². The van der Waals surface area contributed by atoms with Crippen LogP contribution in [0, 0.1) is 13.8 Å². The lowest BCUT2D eigenvalue weighted by Gasteiger charge is -2.35. The normalized spacial score (nSPS) is 15.1. The number of carbonyl (C=O) groups is 1. The summed E-state index contributed by atoms with van der Waals surface area (Å²) in [5, 5.41) is 1.08. The van der Waals surface area contributed by atoms with Gasteiger partial charge in [0.25, 0.3) is 5.91 Å². The highest BCUT2D eigenvalue weighted by molar-refractivity contribution is 7.15. The quantitative estimate of drug-likeness (QED) is 0.867. The summed E-state index contributed by atoms with van der Waals surface area (Å²) in [5.74, 6) is 0.161. The van der Waals surface area contributed by atoms with Crippen LogP contribution in [0.5, 0.6) is 0 Å². The first-order valence-corrected chi connectivity index (χ1v) is 8.97. The second-order valence-corrected chi connectivity index (χ2v) is 7.10. The van der Waals surface area contributed by atoms with Crippen molar-refractivity contribution in [3.8, 4) is 0 Å². The molecular formula is C18H23N3OS. The maximum atomic E-state index is 12.8. The van der Waals surface area contributed by atoms with E-state index in [1.54, 1.807) is 11.3 Å². The van der Waals surface area contributed by atoms with Gasteiger partial charge in [-0.25, -0.2) is 4.98 Å². The lowest BCUT2D eigenvalue weighted by Crippen LogP contribution is -2.49. The number of aryl methyl sites for hydroxylation is 3. The van der Waals surface area contributed by atoms with E-state index in [0.717, 1.165) is 54.4 Å². The first kappa shape index (κ1) is 16.0. The van der Waals surface area contributed by atoms with Crippen molar-refractivity contribution >= 4 is 22.4 Å². The van der Waals surface area contributed by atoms with Gasteiger partial charge in [0, 0.05) is 42.8 Å². The summed E-state index contributed by atoms with van der Waals surface area (Å²) >= 11 is 1.76. The van der Waals surface area contributed by atoms with E-state index in [9.17, 15) is 4.79 Å². The molecule has 0 bridgehead atoms. The van der Waals surface area contributed by atoms with Crippen molar-refractivity contribution in [1.29, 1.82) is 0 Å². The molecule has 5 heteroatoms. The number of amides is 1. The first-order valence-electron chi connectivity index (χ1n) is 8.15. The molecule has 23 heavy (non-hydrogen) atoms. The molecule has 2 heterocycles. The van der Waals surface area contributed by atoms with E-state index in [4.69, 9.17) is 0 Å². The molecule has 1 aromatic heterocycles. The summed E-state index contributed by atoms with van der Waals surface area (Å²) < 4.78 is 0. The Hall–Kier alpha value is -1.88. The first-order chi connectivity index (χ1) is 11.1. The van der Waals surface area contributed by atoms with Gasteiger partial charge in [0.05, 0.1) is 0 Å². The van der Waals surface area contributed by atoms with E-state index in [0.29, 0.717) is 0 Å². The van der Waals surface area contributed by atoms with Crippen LogP contribution >= 0.6 is 11.3 Å². The molecule has 122 valence electrons. The predicted octanol–water partition coefficient (Wildman–Crippen LogP) is 3.28. The molecule has 0 spiro atoms. The Morgan fingerprint density at radius 3 is 2.39 bits per heavy atom. The number of aromatic nitrogens is 1. The van der Waals surface area contributed by atoms with Crippen LogP contribution in [-0.4, -0.2) is 42.0 Å². The van der Waals surface area contributed by atoms with Crippen LogP contribution in [0.3, 0.4) is 0 Å². The van der Waals surface area contributed by atoms with Gasteiger partial charge in [0.2, 0.25) is 0 Å². The molecule has 0 N–H and O–H groups in total. The third kappa shape index (κ3) is 3.24. The zero-order valence-corrected chi connectivity index (χ0v) is 14.8. The molecule has 4 nitrogen and oxygen atoms in total. The standard InChI is InChI=1S/C18H23N3OS/c1-4-15-12-19-18(23-15)21-10-8-20(9-11-21)17(22)16-13(2)6-5-7-14(16)3/h5-7,12H,4,8-11H2,1-3H3. The van der Waals surface area contributed by atoms with E-state index in [1.807, 2.05) is 43.1 Å². The summed E-state index contributed by atoms with van der Waals surface area (Å²) in [6.07, 6.45) is 3.00. The van der Waals surface area contributed by atoms with Gasteiger partial charge in [-0.1, -0.05) is 25.1 Å². The van der Waals surface area contributed by atoms with Gasteiger partial charge in [0.1, 0.15) is 0 Å². The number of carbonyl (C=O) groups excluding carboxylic acids is 1. The van der Waals surface area contributed by atoms with Crippen molar-refractivity contribution in [2.45, 2.75) is 27.2 Å². The van der Waals surface area contributed by atoms with Crippen LogP contribution in [0.15, 0.2) is 24.4 Å². The molecule has 1 aliphatic rings. The maximum Gasteiger partial charge on any atom is 0.254 e. The molecule has 1 amide bonds. The van der Waals surface area contributed by atoms with Crippen molar-refractivity contribution < 1.29 is 4.79 Å². The molecule has 3 rings (SSSR count). The lowest BCUT2D eigenvalue weighted by atomic mass is 10.0. The zero-order chi connectivity index (χ0) is 16.4. The molecule has 0 aliphatic carbocycles. The topological polar surface area (TPSA) is 36.4 Å². The van der Waals surface area contributed by atoms with E-state index < -0.39 is 0 Å². The number of hydrogen-bond donors (Lipinski definition) is 0. The molecule has 0 radical (unpaired) electrons. The van der Waals surface area contributed by atoms with Crippen molar-refractivity contribution in [2.75, 3.05) is 31.1 Å². The minimum Gasteiger partial charge on any atom is -0.345 e.